The average Bonchev–Trinajstić information content (AvgIpc) is 3.20. The predicted octanol–water partition coefficient (Wildman–Crippen LogP) is 2.94. The third kappa shape index (κ3) is 4.71. The quantitative estimate of drug-likeness (QED) is 0.394. The lowest BCUT2D eigenvalue weighted by atomic mass is 10.1. The minimum absolute atomic E-state index is 0.277. The van der Waals surface area contributed by atoms with Gasteiger partial charge < -0.3 is 14.6 Å². The molecule has 0 saturated carbocycles. The molecule has 2 aromatic carbocycles. The van der Waals surface area contributed by atoms with E-state index in [1.165, 1.54) is 0 Å². The van der Waals surface area contributed by atoms with Crippen LogP contribution in [0.1, 0.15) is 12.8 Å². The van der Waals surface area contributed by atoms with Crippen LogP contribution >= 0.6 is 0 Å². The Labute approximate surface area is 208 Å². The van der Waals surface area contributed by atoms with Gasteiger partial charge in [-0.1, -0.05) is 30.3 Å². The number of nitrogens with zero attached hydrogens (tertiary/aromatic N) is 4. The number of aromatic nitrogens is 4. The standard InChI is InChI=1S/C25H27N5O5S/c1-29-24-21(22(28-29)16-7-5-4-6-8-16)25(31)27-23(26-24)19-10-9-17(15-20(19)34-2)30-13-11-18(12-14-30)35-36(3,32)33/h4-10,15,18H,11-14H2,1-3H3,(H,26,27,31). The first-order valence-corrected chi connectivity index (χ1v) is 13.4. The van der Waals surface area contributed by atoms with E-state index >= 15 is 0 Å². The molecule has 5 rings (SSSR count). The Hall–Kier alpha value is -3.70. The van der Waals surface area contributed by atoms with Crippen LogP contribution in [0.4, 0.5) is 5.69 Å². The Morgan fingerprint density at radius 2 is 1.81 bits per heavy atom. The smallest absolute Gasteiger partial charge is 0.264 e. The van der Waals surface area contributed by atoms with Crippen LogP contribution < -0.4 is 15.2 Å². The summed E-state index contributed by atoms with van der Waals surface area (Å²) in [6, 6.07) is 15.2. The molecule has 0 unspecified atom stereocenters. The van der Waals surface area contributed by atoms with Crippen LogP contribution in [0.2, 0.25) is 0 Å². The number of aryl methyl sites for hydroxylation is 1. The van der Waals surface area contributed by atoms with Crippen molar-refractivity contribution in [3.8, 4) is 28.4 Å². The van der Waals surface area contributed by atoms with Crippen LogP contribution in [0.15, 0.2) is 53.3 Å². The normalized spacial score (nSPS) is 14.9. The second-order valence-corrected chi connectivity index (χ2v) is 10.4. The Morgan fingerprint density at radius 1 is 1.08 bits per heavy atom. The molecule has 10 nitrogen and oxygen atoms in total. The number of fused-ring (bicyclic) bond motifs is 1. The Kier molecular flexibility index (Phi) is 6.27. The van der Waals surface area contributed by atoms with Gasteiger partial charge in [0.25, 0.3) is 15.7 Å². The van der Waals surface area contributed by atoms with E-state index in [1.807, 2.05) is 48.5 Å². The average molecular weight is 510 g/mol. The predicted molar refractivity (Wildman–Crippen MR) is 138 cm³/mol. The van der Waals surface area contributed by atoms with Crippen molar-refractivity contribution in [3.05, 3.63) is 58.9 Å². The maximum Gasteiger partial charge on any atom is 0.264 e. The minimum atomic E-state index is -3.47. The fourth-order valence-corrected chi connectivity index (χ4v) is 5.30. The van der Waals surface area contributed by atoms with Gasteiger partial charge in [0.1, 0.15) is 22.7 Å². The van der Waals surface area contributed by atoms with E-state index in [0.717, 1.165) is 17.5 Å². The van der Waals surface area contributed by atoms with Gasteiger partial charge in [0.05, 0.1) is 25.0 Å². The molecule has 0 amide bonds. The Balaban J connectivity index is 1.46. The third-order valence-corrected chi connectivity index (χ3v) is 6.92. The lowest BCUT2D eigenvalue weighted by Gasteiger charge is -2.33. The third-order valence-electron chi connectivity index (χ3n) is 6.30. The summed E-state index contributed by atoms with van der Waals surface area (Å²) in [5.74, 6) is 0.953. The van der Waals surface area contributed by atoms with Gasteiger partial charge in [-0.05, 0) is 25.0 Å². The molecule has 0 bridgehead atoms. The molecule has 4 aromatic rings. The van der Waals surface area contributed by atoms with Crippen molar-refractivity contribution in [2.24, 2.45) is 7.05 Å². The number of rotatable bonds is 6. The molecule has 11 heteroatoms. The number of piperidine rings is 1. The molecule has 0 aliphatic carbocycles. The number of ether oxygens (including phenoxy) is 1. The number of hydrogen-bond donors (Lipinski definition) is 1. The summed E-state index contributed by atoms with van der Waals surface area (Å²) in [5.41, 5.74) is 3.21. The zero-order valence-electron chi connectivity index (χ0n) is 20.3. The van der Waals surface area contributed by atoms with Gasteiger partial charge in [-0.15, -0.1) is 0 Å². The highest BCUT2D eigenvalue weighted by atomic mass is 32.2. The first kappa shape index (κ1) is 24.0. The fraction of sp³-hybridized carbons (Fsp3) is 0.320. The highest BCUT2D eigenvalue weighted by Crippen LogP contribution is 2.34. The van der Waals surface area contributed by atoms with Crippen LogP contribution in [-0.4, -0.2) is 60.7 Å². The Bertz CT molecular complexity index is 1570. The van der Waals surface area contributed by atoms with Crippen molar-refractivity contribution in [1.29, 1.82) is 0 Å². The van der Waals surface area contributed by atoms with E-state index in [2.05, 4.69) is 15.0 Å². The van der Waals surface area contributed by atoms with Crippen LogP contribution in [0.3, 0.4) is 0 Å². The van der Waals surface area contributed by atoms with Crippen LogP contribution in [-0.2, 0) is 21.3 Å². The lowest BCUT2D eigenvalue weighted by molar-refractivity contribution is 0.180. The molecule has 0 spiro atoms. The molecule has 3 heterocycles. The van der Waals surface area contributed by atoms with Crippen LogP contribution in [0.5, 0.6) is 5.75 Å². The van der Waals surface area contributed by atoms with Gasteiger partial charge in [-0.2, -0.15) is 13.5 Å². The first-order chi connectivity index (χ1) is 17.2. The summed E-state index contributed by atoms with van der Waals surface area (Å²) in [4.78, 5) is 23.0. The van der Waals surface area contributed by atoms with Gasteiger partial charge in [0.2, 0.25) is 0 Å². The lowest BCUT2D eigenvalue weighted by Crippen LogP contribution is -2.37. The molecule has 1 saturated heterocycles. The second kappa shape index (κ2) is 9.40. The van der Waals surface area contributed by atoms with Crippen molar-refractivity contribution >= 4 is 26.8 Å². The van der Waals surface area contributed by atoms with E-state index in [0.29, 0.717) is 59.8 Å². The number of hydrogen-bond acceptors (Lipinski definition) is 8. The summed E-state index contributed by atoms with van der Waals surface area (Å²) in [7, 11) is -0.131. The molecule has 0 atom stereocenters. The van der Waals surface area contributed by atoms with E-state index in [-0.39, 0.29) is 11.7 Å². The summed E-state index contributed by atoms with van der Waals surface area (Å²) in [5, 5.41) is 4.98. The van der Waals surface area contributed by atoms with E-state index in [9.17, 15) is 13.2 Å². The summed E-state index contributed by atoms with van der Waals surface area (Å²) in [6.45, 7) is 1.31. The monoisotopic (exact) mass is 509 g/mol. The van der Waals surface area contributed by atoms with Crippen molar-refractivity contribution < 1.29 is 17.3 Å². The highest BCUT2D eigenvalue weighted by Gasteiger charge is 2.24. The molecule has 1 aliphatic rings. The number of aromatic amines is 1. The van der Waals surface area contributed by atoms with E-state index < -0.39 is 10.1 Å². The molecule has 36 heavy (non-hydrogen) atoms. The molecule has 1 N–H and O–H groups in total. The van der Waals surface area contributed by atoms with Crippen molar-refractivity contribution in [2.45, 2.75) is 18.9 Å². The maximum absolute atomic E-state index is 13.2. The summed E-state index contributed by atoms with van der Waals surface area (Å²) >= 11 is 0. The molecular formula is C25H27N5O5S. The van der Waals surface area contributed by atoms with Gasteiger partial charge in [0.15, 0.2) is 5.65 Å². The second-order valence-electron chi connectivity index (χ2n) is 8.82. The molecule has 1 fully saturated rings. The molecule has 0 radical (unpaired) electrons. The number of H-pyrrole nitrogens is 1. The number of nitrogens with one attached hydrogen (secondary N) is 1. The summed E-state index contributed by atoms with van der Waals surface area (Å²) in [6.07, 6.45) is 1.98. The first-order valence-electron chi connectivity index (χ1n) is 11.6. The van der Waals surface area contributed by atoms with Crippen LogP contribution in [0, 0.1) is 0 Å². The molecule has 188 valence electrons. The van der Waals surface area contributed by atoms with E-state index in [1.54, 1.807) is 18.8 Å². The van der Waals surface area contributed by atoms with Gasteiger partial charge >= 0.3 is 0 Å². The number of methoxy groups -OCH3 is 1. The maximum atomic E-state index is 13.2. The topological polar surface area (TPSA) is 119 Å². The van der Waals surface area contributed by atoms with Gasteiger partial charge in [-0.25, -0.2) is 9.67 Å². The van der Waals surface area contributed by atoms with E-state index in [4.69, 9.17) is 13.9 Å². The number of anilines is 1. The summed E-state index contributed by atoms with van der Waals surface area (Å²) < 4.78 is 35.2. The zero-order valence-corrected chi connectivity index (χ0v) is 21.1. The fourth-order valence-electron chi connectivity index (χ4n) is 4.61. The van der Waals surface area contributed by atoms with Crippen molar-refractivity contribution in [3.63, 3.8) is 0 Å². The molecule has 1 aliphatic heterocycles. The van der Waals surface area contributed by atoms with Gasteiger partial charge in [0, 0.05) is 37.5 Å². The zero-order chi connectivity index (χ0) is 25.4. The Morgan fingerprint density at radius 3 is 2.47 bits per heavy atom. The van der Waals surface area contributed by atoms with Crippen molar-refractivity contribution in [1.82, 2.24) is 19.7 Å². The SMILES string of the molecule is COc1cc(N2CCC(OS(C)(=O)=O)CC2)ccc1-c1nc2c(c(-c3ccccc3)nn2C)c(=O)[nH]1. The highest BCUT2D eigenvalue weighted by molar-refractivity contribution is 7.86. The largest absolute Gasteiger partial charge is 0.496 e. The molecular weight excluding hydrogens is 482 g/mol. The van der Waals surface area contributed by atoms with Crippen molar-refractivity contribution in [2.75, 3.05) is 31.4 Å². The van der Waals surface area contributed by atoms with Gasteiger partial charge in [-0.3, -0.25) is 8.98 Å². The minimum Gasteiger partial charge on any atom is -0.496 e. The van der Waals surface area contributed by atoms with Crippen LogP contribution in [0.25, 0.3) is 33.7 Å². The molecule has 2 aromatic heterocycles. The number of benzene rings is 2.